The molecule has 0 rings (SSSR count). The molecule has 0 amide bonds. The van der Waals surface area contributed by atoms with Crippen molar-refractivity contribution in [2.24, 2.45) is 10.8 Å². The molecule has 0 aromatic rings. The molecule has 0 aromatic heterocycles. The third kappa shape index (κ3) is 11.9. The molecule has 0 bridgehead atoms. The molecule has 0 spiro atoms. The first-order valence-electron chi connectivity index (χ1n) is 5.45. The summed E-state index contributed by atoms with van der Waals surface area (Å²) >= 11 is 0. The largest absolute Gasteiger partial charge is 0.237 e. The fourth-order valence-corrected chi connectivity index (χ4v) is 0.814. The Kier molecular flexibility index (Phi) is 5.68. The van der Waals surface area contributed by atoms with Gasteiger partial charge in [0, 0.05) is 0 Å². The third-order valence-corrected chi connectivity index (χ3v) is 1.95. The monoisotopic (exact) mass is 202 g/mol. The average Bonchev–Trinajstić information content (AvgIpc) is 1.92. The summed E-state index contributed by atoms with van der Waals surface area (Å²) in [5, 5.41) is 0. The van der Waals surface area contributed by atoms with Crippen molar-refractivity contribution in [3.8, 4) is 0 Å². The van der Waals surface area contributed by atoms with Crippen molar-refractivity contribution in [3.05, 3.63) is 0 Å². The van der Waals surface area contributed by atoms with E-state index in [0.29, 0.717) is 24.0 Å². The fourth-order valence-electron chi connectivity index (χ4n) is 0.814. The number of hydrogen-bond acceptors (Lipinski definition) is 2. The van der Waals surface area contributed by atoms with Crippen LogP contribution >= 0.6 is 0 Å². The zero-order chi connectivity index (χ0) is 11.2. The lowest BCUT2D eigenvalue weighted by Crippen LogP contribution is -2.12. The van der Waals surface area contributed by atoms with Gasteiger partial charge in [0.2, 0.25) is 0 Å². The maximum atomic E-state index is 5.11. The second kappa shape index (κ2) is 5.72. The summed E-state index contributed by atoms with van der Waals surface area (Å²) in [4.78, 5) is 10.2. The maximum Gasteiger partial charge on any atom is 0.0827 e. The van der Waals surface area contributed by atoms with Gasteiger partial charge in [-0.15, -0.1) is 0 Å². The molecule has 0 N–H and O–H groups in total. The molecule has 2 heteroatoms. The van der Waals surface area contributed by atoms with Crippen LogP contribution in [0.1, 0.15) is 54.4 Å². The Morgan fingerprint density at radius 1 is 0.643 bits per heavy atom. The van der Waals surface area contributed by atoms with Crippen molar-refractivity contribution < 1.29 is 9.78 Å². The first-order chi connectivity index (χ1) is 6.21. The third-order valence-electron chi connectivity index (χ3n) is 1.95. The Bertz CT molecular complexity index is 121. The van der Waals surface area contributed by atoms with Crippen molar-refractivity contribution in [2.75, 3.05) is 13.2 Å². The zero-order valence-electron chi connectivity index (χ0n) is 10.6. The summed E-state index contributed by atoms with van der Waals surface area (Å²) in [7, 11) is 0. The van der Waals surface area contributed by atoms with Gasteiger partial charge >= 0.3 is 0 Å². The highest BCUT2D eigenvalue weighted by Crippen LogP contribution is 2.19. The van der Waals surface area contributed by atoms with E-state index in [2.05, 4.69) is 41.5 Å². The second-order valence-corrected chi connectivity index (χ2v) is 6.27. The van der Waals surface area contributed by atoms with Gasteiger partial charge in [-0.2, -0.15) is 0 Å². The molecule has 0 saturated carbocycles. The highest BCUT2D eigenvalue weighted by Gasteiger charge is 2.11. The van der Waals surface area contributed by atoms with E-state index >= 15 is 0 Å². The van der Waals surface area contributed by atoms with Crippen molar-refractivity contribution in [1.82, 2.24) is 0 Å². The molecule has 14 heavy (non-hydrogen) atoms. The summed E-state index contributed by atoms with van der Waals surface area (Å²) in [6.07, 6.45) is 2.06. The van der Waals surface area contributed by atoms with Gasteiger partial charge in [0.05, 0.1) is 13.2 Å². The molecule has 0 aliphatic heterocycles. The van der Waals surface area contributed by atoms with Crippen molar-refractivity contribution in [1.29, 1.82) is 0 Å². The van der Waals surface area contributed by atoms with E-state index in [1.165, 1.54) is 0 Å². The van der Waals surface area contributed by atoms with Gasteiger partial charge in [0.1, 0.15) is 0 Å². The summed E-state index contributed by atoms with van der Waals surface area (Å²) < 4.78 is 0. The van der Waals surface area contributed by atoms with E-state index < -0.39 is 0 Å². The van der Waals surface area contributed by atoms with E-state index in [0.717, 1.165) is 12.8 Å². The fraction of sp³-hybridized carbons (Fsp3) is 1.00. The van der Waals surface area contributed by atoms with Gasteiger partial charge in [0.25, 0.3) is 0 Å². The van der Waals surface area contributed by atoms with Gasteiger partial charge < -0.3 is 0 Å². The Morgan fingerprint density at radius 2 is 0.929 bits per heavy atom. The number of hydrogen-bond donors (Lipinski definition) is 0. The minimum atomic E-state index is 0.327. The molecule has 0 heterocycles. The molecule has 0 aliphatic carbocycles. The van der Waals surface area contributed by atoms with Crippen LogP contribution in [0.25, 0.3) is 0 Å². The molecule has 0 saturated heterocycles. The van der Waals surface area contributed by atoms with Crippen LogP contribution in [0.4, 0.5) is 0 Å². The lowest BCUT2D eigenvalue weighted by molar-refractivity contribution is -0.299. The topological polar surface area (TPSA) is 18.5 Å². The van der Waals surface area contributed by atoms with Crippen LogP contribution in [-0.2, 0) is 9.78 Å². The lowest BCUT2D eigenvalue weighted by Gasteiger charge is -2.19. The van der Waals surface area contributed by atoms with Crippen molar-refractivity contribution >= 4 is 0 Å². The molecular formula is C12H26O2. The summed E-state index contributed by atoms with van der Waals surface area (Å²) in [5.74, 6) is 0. The summed E-state index contributed by atoms with van der Waals surface area (Å²) in [6, 6.07) is 0. The molecule has 0 radical (unpaired) electrons. The summed E-state index contributed by atoms with van der Waals surface area (Å²) in [6.45, 7) is 14.6. The molecule has 0 unspecified atom stereocenters. The van der Waals surface area contributed by atoms with Gasteiger partial charge in [-0.1, -0.05) is 41.5 Å². The van der Waals surface area contributed by atoms with E-state index in [1.54, 1.807) is 0 Å². The zero-order valence-corrected chi connectivity index (χ0v) is 10.6. The molecule has 0 aliphatic rings. The quantitative estimate of drug-likeness (QED) is 0.383. The normalized spacial score (nSPS) is 13.3. The minimum Gasteiger partial charge on any atom is -0.237 e. The molecule has 86 valence electrons. The van der Waals surface area contributed by atoms with Crippen LogP contribution in [0.2, 0.25) is 0 Å². The highest BCUT2D eigenvalue weighted by molar-refractivity contribution is 4.60. The highest BCUT2D eigenvalue weighted by atomic mass is 17.2. The predicted molar refractivity (Wildman–Crippen MR) is 60.0 cm³/mol. The first kappa shape index (κ1) is 13.9. The van der Waals surface area contributed by atoms with Crippen LogP contribution in [0.15, 0.2) is 0 Å². The van der Waals surface area contributed by atoms with Gasteiger partial charge in [-0.05, 0) is 23.7 Å². The average molecular weight is 202 g/mol. The van der Waals surface area contributed by atoms with Crippen molar-refractivity contribution in [3.63, 3.8) is 0 Å². The molecular weight excluding hydrogens is 176 g/mol. The van der Waals surface area contributed by atoms with Gasteiger partial charge in [-0.3, -0.25) is 0 Å². The Morgan fingerprint density at radius 3 is 1.14 bits per heavy atom. The smallest absolute Gasteiger partial charge is 0.0827 e. The van der Waals surface area contributed by atoms with Crippen LogP contribution in [0.5, 0.6) is 0 Å². The van der Waals surface area contributed by atoms with Crippen LogP contribution in [-0.4, -0.2) is 13.2 Å². The van der Waals surface area contributed by atoms with Gasteiger partial charge in [-0.25, -0.2) is 9.78 Å². The van der Waals surface area contributed by atoms with E-state index in [4.69, 9.17) is 9.78 Å². The molecule has 2 nitrogen and oxygen atoms in total. The Balaban J connectivity index is 3.23. The molecule has 0 aromatic carbocycles. The van der Waals surface area contributed by atoms with E-state index in [1.807, 2.05) is 0 Å². The Labute approximate surface area is 88.9 Å². The summed E-state index contributed by atoms with van der Waals surface area (Å²) in [5.41, 5.74) is 0.654. The van der Waals surface area contributed by atoms with Gasteiger partial charge in [0.15, 0.2) is 0 Å². The second-order valence-electron chi connectivity index (χ2n) is 6.27. The van der Waals surface area contributed by atoms with Crippen LogP contribution in [0.3, 0.4) is 0 Å². The molecule has 0 atom stereocenters. The minimum absolute atomic E-state index is 0.327. The lowest BCUT2D eigenvalue weighted by atomic mass is 9.93. The van der Waals surface area contributed by atoms with Crippen molar-refractivity contribution in [2.45, 2.75) is 54.4 Å². The maximum absolute atomic E-state index is 5.11. The number of rotatable bonds is 5. The van der Waals surface area contributed by atoms with E-state index in [-0.39, 0.29) is 0 Å². The predicted octanol–water partition coefficient (Wildman–Crippen LogP) is 3.81. The van der Waals surface area contributed by atoms with E-state index in [9.17, 15) is 0 Å². The SMILES string of the molecule is CC(C)(C)CCOOCCC(C)(C)C. The Hall–Kier alpha value is -0.0800. The van der Waals surface area contributed by atoms with Crippen LogP contribution in [0, 0.1) is 10.8 Å². The standard InChI is InChI=1S/C12H26O2/c1-11(2,3)7-9-13-14-10-8-12(4,5)6/h7-10H2,1-6H3. The first-order valence-corrected chi connectivity index (χ1v) is 5.45. The molecule has 0 fully saturated rings. The van der Waals surface area contributed by atoms with Crippen LogP contribution < -0.4 is 0 Å².